The van der Waals surface area contributed by atoms with E-state index in [4.69, 9.17) is 23.2 Å². The molecule has 3 rings (SSSR count). The summed E-state index contributed by atoms with van der Waals surface area (Å²) in [6, 6.07) is 2.67. The lowest BCUT2D eigenvalue weighted by Gasteiger charge is -2.40. The molecule has 2 aromatic rings. The van der Waals surface area contributed by atoms with Crippen molar-refractivity contribution in [1.82, 2.24) is 13.6 Å². The Hall–Kier alpha value is -0.620. The van der Waals surface area contributed by atoms with Gasteiger partial charge in [-0.05, 0) is 32.4 Å². The molecule has 4 nitrogen and oxygen atoms in total. The number of nitrogens with zero attached hydrogens (tertiary/aromatic N) is 3. The van der Waals surface area contributed by atoms with Crippen molar-refractivity contribution < 1.29 is 0 Å². The number of piperidine rings is 1. The Bertz CT molecular complexity index is 660. The van der Waals surface area contributed by atoms with Crippen LogP contribution in [0.2, 0.25) is 10.0 Å². The Labute approximate surface area is 138 Å². The molecule has 7 heteroatoms. The van der Waals surface area contributed by atoms with E-state index in [1.54, 1.807) is 6.07 Å². The van der Waals surface area contributed by atoms with Gasteiger partial charge in [0, 0.05) is 18.6 Å². The van der Waals surface area contributed by atoms with Crippen LogP contribution in [0, 0.1) is 5.92 Å². The van der Waals surface area contributed by atoms with Gasteiger partial charge in [0.25, 0.3) is 0 Å². The maximum atomic E-state index is 6.38. The highest BCUT2D eigenvalue weighted by molar-refractivity contribution is 7.00. The molecule has 1 fully saturated rings. The van der Waals surface area contributed by atoms with Crippen LogP contribution in [0.15, 0.2) is 6.07 Å². The molecule has 1 aliphatic rings. The molecule has 1 aromatic heterocycles. The van der Waals surface area contributed by atoms with Crippen LogP contribution in [0.25, 0.3) is 11.0 Å². The molecule has 3 unspecified atom stereocenters. The van der Waals surface area contributed by atoms with Crippen LogP contribution < -0.4 is 5.32 Å². The Kier molecular flexibility index (Phi) is 4.28. The molecule has 3 atom stereocenters. The number of hydrogen-bond donors (Lipinski definition) is 1. The number of anilines is 1. The van der Waals surface area contributed by atoms with Gasteiger partial charge in [0.2, 0.25) is 0 Å². The van der Waals surface area contributed by atoms with Crippen molar-refractivity contribution in [3.63, 3.8) is 0 Å². The molecule has 0 amide bonds. The van der Waals surface area contributed by atoms with Crippen molar-refractivity contribution in [2.24, 2.45) is 5.92 Å². The van der Waals surface area contributed by atoms with Gasteiger partial charge in [-0.1, -0.05) is 30.1 Å². The highest BCUT2D eigenvalue weighted by Gasteiger charge is 2.30. The van der Waals surface area contributed by atoms with E-state index < -0.39 is 0 Å². The highest BCUT2D eigenvalue weighted by atomic mass is 35.5. The second kappa shape index (κ2) is 5.88. The number of halogens is 2. The number of fused-ring (bicyclic) bond motifs is 1. The van der Waals surface area contributed by atoms with E-state index in [1.807, 2.05) is 0 Å². The molecule has 0 radical (unpaired) electrons. The fraction of sp³-hybridized carbons (Fsp3) is 0.571. The van der Waals surface area contributed by atoms with E-state index >= 15 is 0 Å². The van der Waals surface area contributed by atoms with Gasteiger partial charge in [0.15, 0.2) is 0 Å². The van der Waals surface area contributed by atoms with Crippen molar-refractivity contribution in [2.75, 3.05) is 18.9 Å². The summed E-state index contributed by atoms with van der Waals surface area (Å²) in [5.74, 6) is 0.541. The first-order valence-corrected chi connectivity index (χ1v) is 8.53. The van der Waals surface area contributed by atoms with Gasteiger partial charge in [0.1, 0.15) is 11.0 Å². The molecule has 1 saturated heterocycles. The van der Waals surface area contributed by atoms with E-state index in [9.17, 15) is 0 Å². The maximum absolute atomic E-state index is 6.38. The van der Waals surface area contributed by atoms with Crippen molar-refractivity contribution in [1.29, 1.82) is 0 Å². The monoisotopic (exact) mass is 344 g/mol. The molecule has 114 valence electrons. The summed E-state index contributed by atoms with van der Waals surface area (Å²) < 4.78 is 8.60. The summed E-state index contributed by atoms with van der Waals surface area (Å²) in [5, 5.41) is 4.76. The van der Waals surface area contributed by atoms with E-state index in [2.05, 4.69) is 39.9 Å². The summed E-state index contributed by atoms with van der Waals surface area (Å²) >= 11 is 13.7. The second-order valence-corrected chi connectivity index (χ2v) is 7.27. The first-order chi connectivity index (χ1) is 9.97. The van der Waals surface area contributed by atoms with Crippen LogP contribution in [0.1, 0.15) is 20.3 Å². The molecule has 0 bridgehead atoms. The molecule has 1 N–H and O–H groups in total. The van der Waals surface area contributed by atoms with E-state index in [0.717, 1.165) is 41.4 Å². The van der Waals surface area contributed by atoms with Crippen LogP contribution in [-0.4, -0.2) is 39.3 Å². The topological polar surface area (TPSA) is 41.0 Å². The third kappa shape index (κ3) is 2.84. The second-order valence-electron chi connectivity index (χ2n) is 5.93. The zero-order valence-electron chi connectivity index (χ0n) is 12.2. The SMILES string of the molecule is CC1CN(C)C(C)CC1Nc1c(Cl)cc(Cl)c2nsnc12. The molecule has 0 saturated carbocycles. The van der Waals surface area contributed by atoms with Crippen LogP contribution in [0.4, 0.5) is 5.69 Å². The normalized spacial score (nSPS) is 27.2. The minimum absolute atomic E-state index is 0.375. The van der Waals surface area contributed by atoms with Gasteiger partial charge in [0.05, 0.1) is 27.5 Å². The van der Waals surface area contributed by atoms with Crippen LogP contribution in [-0.2, 0) is 0 Å². The van der Waals surface area contributed by atoms with Gasteiger partial charge in [-0.25, -0.2) is 0 Å². The summed E-state index contributed by atoms with van der Waals surface area (Å²) in [7, 11) is 2.18. The predicted octanol–water partition coefficient (Wildman–Crippen LogP) is 4.14. The van der Waals surface area contributed by atoms with Gasteiger partial charge >= 0.3 is 0 Å². The number of nitrogens with one attached hydrogen (secondary N) is 1. The molecular formula is C14H18Cl2N4S. The Balaban J connectivity index is 1.93. The summed E-state index contributed by atoms with van der Waals surface area (Å²) in [6.07, 6.45) is 1.08. The highest BCUT2D eigenvalue weighted by Crippen LogP contribution is 2.37. The first kappa shape index (κ1) is 15.3. The molecule has 0 aliphatic carbocycles. The standard InChI is InChI=1S/C14H18Cl2N4S/c1-7-6-20(3)8(2)4-11(7)17-12-9(15)5-10(16)13-14(12)19-21-18-13/h5,7-8,11,17H,4,6H2,1-3H3. The zero-order chi connectivity index (χ0) is 15.1. The molecule has 1 aromatic carbocycles. The van der Waals surface area contributed by atoms with Crippen LogP contribution in [0.5, 0.6) is 0 Å². The fourth-order valence-corrected chi connectivity index (χ4v) is 4.11. The van der Waals surface area contributed by atoms with Gasteiger partial charge in [-0.3, -0.25) is 0 Å². The lowest BCUT2D eigenvalue weighted by atomic mass is 9.89. The lowest BCUT2D eigenvalue weighted by Crippen LogP contribution is -2.48. The number of likely N-dealkylation sites (tertiary alicyclic amines) is 1. The Morgan fingerprint density at radius 3 is 2.71 bits per heavy atom. The number of aromatic nitrogens is 2. The van der Waals surface area contributed by atoms with Crippen LogP contribution >= 0.6 is 34.9 Å². The quantitative estimate of drug-likeness (QED) is 0.888. The van der Waals surface area contributed by atoms with Gasteiger partial charge < -0.3 is 10.2 Å². The van der Waals surface area contributed by atoms with Crippen LogP contribution in [0.3, 0.4) is 0 Å². The molecule has 21 heavy (non-hydrogen) atoms. The minimum atomic E-state index is 0.375. The number of rotatable bonds is 2. The molecule has 2 heterocycles. The summed E-state index contributed by atoms with van der Waals surface area (Å²) in [4.78, 5) is 2.40. The summed E-state index contributed by atoms with van der Waals surface area (Å²) in [5.41, 5.74) is 2.36. The van der Waals surface area contributed by atoms with E-state index in [-0.39, 0.29) is 0 Å². The fourth-order valence-electron chi connectivity index (χ4n) is 2.94. The average Bonchev–Trinajstić information content (AvgIpc) is 2.90. The third-order valence-electron chi connectivity index (χ3n) is 4.38. The summed E-state index contributed by atoms with van der Waals surface area (Å²) in [6.45, 7) is 5.59. The largest absolute Gasteiger partial charge is 0.379 e. The average molecular weight is 345 g/mol. The van der Waals surface area contributed by atoms with Gasteiger partial charge in [-0.2, -0.15) is 8.75 Å². The van der Waals surface area contributed by atoms with Gasteiger partial charge in [-0.15, -0.1) is 0 Å². The third-order valence-corrected chi connectivity index (χ3v) is 5.50. The van der Waals surface area contributed by atoms with E-state index in [1.165, 1.54) is 0 Å². The first-order valence-electron chi connectivity index (χ1n) is 7.04. The molecule has 0 spiro atoms. The van der Waals surface area contributed by atoms with E-state index in [0.29, 0.717) is 28.0 Å². The number of hydrogen-bond acceptors (Lipinski definition) is 5. The maximum Gasteiger partial charge on any atom is 0.130 e. The predicted molar refractivity (Wildman–Crippen MR) is 90.7 cm³/mol. The minimum Gasteiger partial charge on any atom is -0.379 e. The Morgan fingerprint density at radius 2 is 1.95 bits per heavy atom. The van der Waals surface area contributed by atoms with Crippen molar-refractivity contribution >= 4 is 51.7 Å². The van der Waals surface area contributed by atoms with Crippen molar-refractivity contribution in [2.45, 2.75) is 32.4 Å². The lowest BCUT2D eigenvalue weighted by molar-refractivity contribution is 0.146. The van der Waals surface area contributed by atoms with Crippen molar-refractivity contribution in [3.8, 4) is 0 Å². The zero-order valence-corrected chi connectivity index (χ0v) is 14.6. The Morgan fingerprint density at radius 1 is 1.24 bits per heavy atom. The molecule has 1 aliphatic heterocycles. The smallest absolute Gasteiger partial charge is 0.130 e. The number of benzene rings is 1. The van der Waals surface area contributed by atoms with Crippen molar-refractivity contribution in [3.05, 3.63) is 16.1 Å². The molecular weight excluding hydrogens is 327 g/mol.